The molecule has 124 valence electrons. The van der Waals surface area contributed by atoms with Crippen molar-refractivity contribution in [1.29, 1.82) is 0 Å². The second-order valence-corrected chi connectivity index (χ2v) is 5.53. The third-order valence-corrected chi connectivity index (χ3v) is 3.56. The van der Waals surface area contributed by atoms with Crippen molar-refractivity contribution in [2.75, 3.05) is 7.11 Å². The van der Waals surface area contributed by atoms with Crippen LogP contribution in [0.4, 0.5) is 4.39 Å². The lowest BCUT2D eigenvalue weighted by Gasteiger charge is -2.06. The molecule has 2 N–H and O–H groups in total. The molecule has 0 heterocycles. The van der Waals surface area contributed by atoms with Crippen LogP contribution < -0.4 is 10.2 Å². The van der Waals surface area contributed by atoms with Crippen LogP contribution in [0.2, 0.25) is 0 Å². The van der Waals surface area contributed by atoms with Gasteiger partial charge in [0, 0.05) is 6.08 Å². The minimum atomic E-state index is -0.430. The predicted molar refractivity (Wildman–Crippen MR) is 93.5 cm³/mol. The summed E-state index contributed by atoms with van der Waals surface area (Å²) in [5, 5.41) is 13.5. The van der Waals surface area contributed by atoms with Crippen LogP contribution >= 0.6 is 15.9 Å². The number of ether oxygens (including phenoxy) is 1. The standard InChI is InChI=1S/C17H14BrFN2O3/c1-24-15-9-12(8-14(18)17(15)23)10-20-21-16(22)7-4-11-2-5-13(19)6-3-11/h2-10,23H,1H3,(H,21,22)/b7-4+,20-10-. The average Bonchev–Trinajstić information content (AvgIpc) is 2.57. The Morgan fingerprint density at radius 1 is 1.29 bits per heavy atom. The van der Waals surface area contributed by atoms with Gasteiger partial charge in [-0.05, 0) is 57.4 Å². The van der Waals surface area contributed by atoms with E-state index in [1.165, 1.54) is 31.5 Å². The highest BCUT2D eigenvalue weighted by atomic mass is 79.9. The number of rotatable bonds is 5. The molecule has 24 heavy (non-hydrogen) atoms. The average molecular weight is 393 g/mol. The zero-order valence-corrected chi connectivity index (χ0v) is 14.2. The number of carbonyl (C=O) groups excluding carboxylic acids is 1. The lowest BCUT2D eigenvalue weighted by Crippen LogP contribution is -2.14. The molecule has 0 fully saturated rings. The van der Waals surface area contributed by atoms with Crippen LogP contribution in [0.3, 0.4) is 0 Å². The maximum Gasteiger partial charge on any atom is 0.264 e. The summed E-state index contributed by atoms with van der Waals surface area (Å²) in [5.74, 6) is -0.494. The number of hydrogen-bond donors (Lipinski definition) is 2. The Morgan fingerprint density at radius 2 is 2.00 bits per heavy atom. The summed E-state index contributed by atoms with van der Waals surface area (Å²) in [4.78, 5) is 11.7. The smallest absolute Gasteiger partial charge is 0.264 e. The topological polar surface area (TPSA) is 70.9 Å². The summed E-state index contributed by atoms with van der Waals surface area (Å²) in [5.41, 5.74) is 3.66. The molecule has 0 aliphatic rings. The minimum Gasteiger partial charge on any atom is -0.503 e. The van der Waals surface area contributed by atoms with Gasteiger partial charge in [0.05, 0.1) is 17.8 Å². The second kappa shape index (κ2) is 8.26. The Balaban J connectivity index is 1.97. The summed E-state index contributed by atoms with van der Waals surface area (Å²) >= 11 is 3.20. The van der Waals surface area contributed by atoms with Crippen molar-refractivity contribution < 1.29 is 19.0 Å². The molecule has 5 nitrogen and oxygen atoms in total. The fraction of sp³-hybridized carbons (Fsp3) is 0.0588. The SMILES string of the molecule is COc1cc(/C=N\NC(=O)/C=C/c2ccc(F)cc2)cc(Br)c1O. The number of phenols is 1. The first-order chi connectivity index (χ1) is 11.5. The Labute approximate surface area is 146 Å². The molecule has 0 aromatic heterocycles. The number of hydrazone groups is 1. The zero-order chi connectivity index (χ0) is 17.5. The number of nitrogens with zero attached hydrogens (tertiary/aromatic N) is 1. The van der Waals surface area contributed by atoms with Crippen molar-refractivity contribution in [3.8, 4) is 11.5 Å². The van der Waals surface area contributed by atoms with E-state index in [2.05, 4.69) is 26.5 Å². The first-order valence-electron chi connectivity index (χ1n) is 6.83. The number of amides is 1. The number of aromatic hydroxyl groups is 1. The lowest BCUT2D eigenvalue weighted by molar-refractivity contribution is -0.116. The van der Waals surface area contributed by atoms with E-state index < -0.39 is 5.91 Å². The van der Waals surface area contributed by atoms with Gasteiger partial charge >= 0.3 is 0 Å². The largest absolute Gasteiger partial charge is 0.503 e. The van der Waals surface area contributed by atoms with E-state index in [9.17, 15) is 14.3 Å². The van der Waals surface area contributed by atoms with Gasteiger partial charge in [0.2, 0.25) is 0 Å². The summed E-state index contributed by atoms with van der Waals surface area (Å²) in [6.07, 6.45) is 4.25. The molecule has 0 aliphatic carbocycles. The normalized spacial score (nSPS) is 11.1. The molecule has 1 amide bonds. The van der Waals surface area contributed by atoms with Crippen LogP contribution in [0.5, 0.6) is 11.5 Å². The van der Waals surface area contributed by atoms with Crippen LogP contribution in [-0.2, 0) is 4.79 Å². The summed E-state index contributed by atoms with van der Waals surface area (Å²) < 4.78 is 18.2. The predicted octanol–water partition coefficient (Wildman–Crippen LogP) is 3.47. The van der Waals surface area contributed by atoms with Crippen molar-refractivity contribution in [3.05, 3.63) is 63.9 Å². The van der Waals surface area contributed by atoms with Gasteiger partial charge in [-0.3, -0.25) is 4.79 Å². The highest BCUT2D eigenvalue weighted by Gasteiger charge is 2.07. The molecule has 7 heteroatoms. The molecule has 0 saturated heterocycles. The Morgan fingerprint density at radius 3 is 2.67 bits per heavy atom. The fourth-order valence-electron chi connectivity index (χ4n) is 1.78. The third kappa shape index (κ3) is 4.92. The molecule has 0 saturated carbocycles. The van der Waals surface area contributed by atoms with E-state index in [-0.39, 0.29) is 17.3 Å². The molecule has 0 bridgehead atoms. The van der Waals surface area contributed by atoms with Gasteiger partial charge in [0.25, 0.3) is 5.91 Å². The monoisotopic (exact) mass is 392 g/mol. The van der Waals surface area contributed by atoms with Gasteiger partial charge < -0.3 is 9.84 Å². The molecule has 0 radical (unpaired) electrons. The molecule has 0 spiro atoms. The summed E-state index contributed by atoms with van der Waals surface area (Å²) in [7, 11) is 1.43. The first-order valence-corrected chi connectivity index (χ1v) is 7.62. The van der Waals surface area contributed by atoms with Crippen molar-refractivity contribution in [2.24, 2.45) is 5.10 Å². The van der Waals surface area contributed by atoms with Crippen molar-refractivity contribution >= 4 is 34.1 Å². The number of halogens is 2. The van der Waals surface area contributed by atoms with Gasteiger partial charge in [-0.2, -0.15) is 5.10 Å². The molecular formula is C17H14BrFN2O3. The van der Waals surface area contributed by atoms with E-state index in [4.69, 9.17) is 4.74 Å². The number of nitrogens with one attached hydrogen (secondary N) is 1. The van der Waals surface area contributed by atoms with Crippen LogP contribution in [-0.4, -0.2) is 24.3 Å². The second-order valence-electron chi connectivity index (χ2n) is 4.67. The van der Waals surface area contributed by atoms with Gasteiger partial charge in [-0.25, -0.2) is 9.82 Å². The lowest BCUT2D eigenvalue weighted by atomic mass is 10.2. The third-order valence-electron chi connectivity index (χ3n) is 2.96. The molecule has 0 unspecified atom stereocenters. The van der Waals surface area contributed by atoms with Crippen LogP contribution in [0.1, 0.15) is 11.1 Å². The Hall–Kier alpha value is -2.67. The van der Waals surface area contributed by atoms with Crippen LogP contribution in [0.15, 0.2) is 52.0 Å². The fourth-order valence-corrected chi connectivity index (χ4v) is 2.24. The zero-order valence-electron chi connectivity index (χ0n) is 12.7. The van der Waals surface area contributed by atoms with E-state index in [1.807, 2.05) is 0 Å². The maximum atomic E-state index is 12.8. The van der Waals surface area contributed by atoms with E-state index in [0.29, 0.717) is 15.6 Å². The van der Waals surface area contributed by atoms with Crippen molar-refractivity contribution in [1.82, 2.24) is 5.43 Å². The quantitative estimate of drug-likeness (QED) is 0.464. The molecule has 2 aromatic rings. The minimum absolute atomic E-state index is 0.0130. The molecular weight excluding hydrogens is 379 g/mol. The van der Waals surface area contributed by atoms with Gasteiger partial charge in [-0.15, -0.1) is 0 Å². The number of hydrogen-bond acceptors (Lipinski definition) is 4. The molecule has 0 aliphatic heterocycles. The Bertz CT molecular complexity index is 789. The van der Waals surface area contributed by atoms with E-state index >= 15 is 0 Å². The maximum absolute atomic E-state index is 12.8. The van der Waals surface area contributed by atoms with Crippen LogP contribution in [0.25, 0.3) is 6.08 Å². The Kier molecular flexibility index (Phi) is 6.08. The molecule has 2 aromatic carbocycles. The first kappa shape index (κ1) is 17.7. The number of benzene rings is 2. The van der Waals surface area contributed by atoms with Gasteiger partial charge in [0.1, 0.15) is 5.82 Å². The van der Waals surface area contributed by atoms with Gasteiger partial charge in [0.15, 0.2) is 11.5 Å². The summed E-state index contributed by atoms with van der Waals surface area (Å²) in [6, 6.07) is 8.94. The van der Waals surface area contributed by atoms with Crippen molar-refractivity contribution in [2.45, 2.75) is 0 Å². The summed E-state index contributed by atoms with van der Waals surface area (Å²) in [6.45, 7) is 0. The van der Waals surface area contributed by atoms with Gasteiger partial charge in [-0.1, -0.05) is 12.1 Å². The highest BCUT2D eigenvalue weighted by Crippen LogP contribution is 2.34. The van der Waals surface area contributed by atoms with Crippen LogP contribution in [0, 0.1) is 5.82 Å². The number of methoxy groups -OCH3 is 1. The van der Waals surface area contributed by atoms with E-state index in [0.717, 1.165) is 0 Å². The van der Waals surface area contributed by atoms with E-state index in [1.54, 1.807) is 30.3 Å². The number of carbonyl (C=O) groups is 1. The molecule has 2 rings (SSSR count). The molecule has 0 atom stereocenters. The highest BCUT2D eigenvalue weighted by molar-refractivity contribution is 9.10. The van der Waals surface area contributed by atoms with Crippen molar-refractivity contribution in [3.63, 3.8) is 0 Å². The number of phenolic OH excluding ortho intramolecular Hbond substituents is 1.